The summed E-state index contributed by atoms with van der Waals surface area (Å²) in [6.45, 7) is 6.16. The second-order valence-corrected chi connectivity index (χ2v) is 5.76. The van der Waals surface area contributed by atoms with Gasteiger partial charge in [0.05, 0.1) is 16.8 Å². The van der Waals surface area contributed by atoms with Gasteiger partial charge in [-0.3, -0.25) is 9.79 Å². The first-order valence-electron chi connectivity index (χ1n) is 7.70. The first kappa shape index (κ1) is 18.9. The van der Waals surface area contributed by atoms with Gasteiger partial charge in [-0.1, -0.05) is 25.4 Å². The Morgan fingerprint density at radius 3 is 2.64 bits per heavy atom. The summed E-state index contributed by atoms with van der Waals surface area (Å²) >= 11 is 6.20. The molecule has 2 atom stereocenters. The van der Waals surface area contributed by atoms with Crippen LogP contribution in [0.25, 0.3) is 0 Å². The minimum Gasteiger partial charge on any atom is -0.393 e. The van der Waals surface area contributed by atoms with Gasteiger partial charge < -0.3 is 15.5 Å². The summed E-state index contributed by atoms with van der Waals surface area (Å²) in [6.07, 6.45) is 0.372. The molecule has 22 heavy (non-hydrogen) atoms. The minimum atomic E-state index is -0.947. The Balaban J connectivity index is 0.00000116. The quantitative estimate of drug-likeness (QED) is 0.801. The number of rotatable bonds is 3. The third kappa shape index (κ3) is 4.68. The van der Waals surface area contributed by atoms with Crippen LogP contribution in [0.3, 0.4) is 0 Å². The number of amides is 1. The maximum absolute atomic E-state index is 13.0. The zero-order valence-corrected chi connectivity index (χ0v) is 14.5. The lowest BCUT2D eigenvalue weighted by Gasteiger charge is -2.18. The van der Waals surface area contributed by atoms with Gasteiger partial charge in [0.25, 0.3) is 5.91 Å². The summed E-state index contributed by atoms with van der Waals surface area (Å²) in [5.41, 5.74) is 6.40. The largest absolute Gasteiger partial charge is 0.393 e. The standard InChI is InChI=1S/C13H20ClFN4O.C2H6/c1-18-5-3-4-17-9(7-18)11(14)12(16)13(20)19(2)10-6-8(10)15;1-2/h8,10H,3-7,16H2,1-2H3;1-2H3/b12-11+;. The zero-order chi connectivity index (χ0) is 16.9. The molecule has 1 aliphatic heterocycles. The van der Waals surface area contributed by atoms with Crippen molar-refractivity contribution in [2.75, 3.05) is 33.7 Å². The molecular formula is C15H26ClFN4O. The van der Waals surface area contributed by atoms with Crippen molar-refractivity contribution in [3.05, 3.63) is 10.7 Å². The molecular weight excluding hydrogens is 307 g/mol. The number of hydrogen-bond acceptors (Lipinski definition) is 4. The monoisotopic (exact) mass is 332 g/mol. The molecule has 0 aromatic heterocycles. The second kappa shape index (κ2) is 8.48. The van der Waals surface area contributed by atoms with E-state index in [-0.39, 0.29) is 16.8 Å². The first-order chi connectivity index (χ1) is 10.4. The fourth-order valence-electron chi connectivity index (χ4n) is 2.22. The fourth-order valence-corrected chi connectivity index (χ4v) is 2.42. The molecule has 0 radical (unpaired) electrons. The van der Waals surface area contributed by atoms with E-state index in [4.69, 9.17) is 17.3 Å². The molecule has 1 heterocycles. The lowest BCUT2D eigenvalue weighted by atomic mass is 10.2. The van der Waals surface area contributed by atoms with Crippen LogP contribution in [0.2, 0.25) is 0 Å². The number of alkyl halides is 1. The van der Waals surface area contributed by atoms with Gasteiger partial charge in [-0.2, -0.15) is 0 Å². The number of likely N-dealkylation sites (N-methyl/N-ethyl adjacent to an activating group) is 1. The Kier molecular flexibility index (Phi) is 7.29. The Hall–Kier alpha value is -1.14. The van der Waals surface area contributed by atoms with Crippen LogP contribution >= 0.6 is 11.6 Å². The highest BCUT2D eigenvalue weighted by Gasteiger charge is 2.43. The van der Waals surface area contributed by atoms with Crippen LogP contribution < -0.4 is 5.73 Å². The fraction of sp³-hybridized carbons (Fsp3) is 0.733. The Morgan fingerprint density at radius 1 is 1.50 bits per heavy atom. The SMILES string of the molecule is CC.CN1CCCN=C(/C(Cl)=C(\N)C(=O)N(C)C2CC2F)C1. The molecule has 0 spiro atoms. The van der Waals surface area contributed by atoms with Gasteiger partial charge in [-0.05, 0) is 13.5 Å². The van der Waals surface area contributed by atoms with Gasteiger partial charge in [0.15, 0.2) is 0 Å². The van der Waals surface area contributed by atoms with E-state index >= 15 is 0 Å². The molecule has 1 fully saturated rings. The van der Waals surface area contributed by atoms with Crippen molar-refractivity contribution in [3.8, 4) is 0 Å². The lowest BCUT2D eigenvalue weighted by molar-refractivity contribution is -0.126. The highest BCUT2D eigenvalue weighted by Crippen LogP contribution is 2.31. The van der Waals surface area contributed by atoms with E-state index in [1.54, 1.807) is 7.05 Å². The van der Waals surface area contributed by atoms with E-state index in [0.717, 1.165) is 13.0 Å². The van der Waals surface area contributed by atoms with Crippen LogP contribution in [0.4, 0.5) is 4.39 Å². The van der Waals surface area contributed by atoms with E-state index in [1.807, 2.05) is 20.9 Å². The molecule has 0 aromatic carbocycles. The smallest absolute Gasteiger partial charge is 0.271 e. The third-order valence-corrected chi connectivity index (χ3v) is 4.06. The van der Waals surface area contributed by atoms with Gasteiger partial charge in [-0.25, -0.2) is 4.39 Å². The summed E-state index contributed by atoms with van der Waals surface area (Å²) in [5, 5.41) is 0.187. The number of carbonyl (C=O) groups is 1. The van der Waals surface area contributed by atoms with Crippen LogP contribution in [-0.4, -0.2) is 67.4 Å². The average molecular weight is 333 g/mol. The van der Waals surface area contributed by atoms with Crippen molar-refractivity contribution in [1.82, 2.24) is 9.80 Å². The average Bonchev–Trinajstić information content (AvgIpc) is 3.29. The van der Waals surface area contributed by atoms with E-state index in [2.05, 4.69) is 9.89 Å². The molecule has 1 aliphatic carbocycles. The highest BCUT2D eigenvalue weighted by atomic mass is 35.5. The van der Waals surface area contributed by atoms with E-state index in [1.165, 1.54) is 4.90 Å². The van der Waals surface area contributed by atoms with Gasteiger partial charge in [0, 0.05) is 33.1 Å². The van der Waals surface area contributed by atoms with Crippen molar-refractivity contribution in [2.45, 2.75) is 38.9 Å². The number of nitrogens with zero attached hydrogens (tertiary/aromatic N) is 3. The van der Waals surface area contributed by atoms with Gasteiger partial charge in [0.1, 0.15) is 11.9 Å². The molecule has 2 aliphatic rings. The minimum absolute atomic E-state index is 0.0534. The number of hydrogen-bond donors (Lipinski definition) is 1. The van der Waals surface area contributed by atoms with Crippen molar-refractivity contribution in [1.29, 1.82) is 0 Å². The summed E-state index contributed by atoms with van der Waals surface area (Å²) in [6, 6.07) is -0.371. The molecule has 0 bridgehead atoms. The summed E-state index contributed by atoms with van der Waals surface area (Å²) < 4.78 is 13.0. The maximum Gasteiger partial charge on any atom is 0.271 e. The predicted octanol–water partition coefficient (Wildman–Crippen LogP) is 1.77. The van der Waals surface area contributed by atoms with Crippen LogP contribution in [0, 0.1) is 0 Å². The van der Waals surface area contributed by atoms with Crippen molar-refractivity contribution >= 4 is 23.2 Å². The zero-order valence-electron chi connectivity index (χ0n) is 13.8. The van der Waals surface area contributed by atoms with Crippen LogP contribution in [-0.2, 0) is 4.79 Å². The van der Waals surface area contributed by atoms with Crippen molar-refractivity contribution in [2.24, 2.45) is 10.7 Å². The molecule has 1 amide bonds. The summed E-state index contributed by atoms with van der Waals surface area (Å²) in [7, 11) is 3.51. The number of carbonyl (C=O) groups excluding carboxylic acids is 1. The summed E-state index contributed by atoms with van der Waals surface area (Å²) in [5.74, 6) is -0.435. The topological polar surface area (TPSA) is 61.9 Å². The molecule has 2 N–H and O–H groups in total. The molecule has 0 saturated heterocycles. The van der Waals surface area contributed by atoms with Crippen LogP contribution in [0.5, 0.6) is 0 Å². The molecule has 5 nitrogen and oxygen atoms in total. The Morgan fingerprint density at radius 2 is 2.09 bits per heavy atom. The highest BCUT2D eigenvalue weighted by molar-refractivity contribution is 6.45. The van der Waals surface area contributed by atoms with Gasteiger partial charge >= 0.3 is 0 Å². The van der Waals surface area contributed by atoms with E-state index < -0.39 is 12.1 Å². The molecule has 126 valence electrons. The van der Waals surface area contributed by atoms with Gasteiger partial charge in [0.2, 0.25) is 0 Å². The predicted molar refractivity (Wildman–Crippen MR) is 88.9 cm³/mol. The molecule has 2 rings (SSSR count). The Bertz CT molecular complexity index is 466. The Labute approximate surface area is 137 Å². The molecule has 7 heteroatoms. The van der Waals surface area contributed by atoms with Gasteiger partial charge in [-0.15, -0.1) is 0 Å². The van der Waals surface area contributed by atoms with Crippen molar-refractivity contribution < 1.29 is 9.18 Å². The second-order valence-electron chi connectivity index (χ2n) is 5.38. The van der Waals surface area contributed by atoms with E-state index in [9.17, 15) is 9.18 Å². The number of halogens is 2. The van der Waals surface area contributed by atoms with Crippen LogP contribution in [0.1, 0.15) is 26.7 Å². The summed E-state index contributed by atoms with van der Waals surface area (Å²) in [4.78, 5) is 19.9. The number of nitrogens with two attached hydrogens (primary N) is 1. The number of aliphatic imine (C=N–C) groups is 1. The molecule has 0 aromatic rings. The normalized spacial score (nSPS) is 26.0. The van der Waals surface area contributed by atoms with Crippen LogP contribution in [0.15, 0.2) is 15.7 Å². The molecule has 2 unspecified atom stereocenters. The third-order valence-electron chi connectivity index (χ3n) is 3.64. The van der Waals surface area contributed by atoms with E-state index in [0.29, 0.717) is 25.2 Å². The molecule has 1 saturated carbocycles. The first-order valence-corrected chi connectivity index (χ1v) is 8.08. The van der Waals surface area contributed by atoms with Crippen molar-refractivity contribution in [3.63, 3.8) is 0 Å². The maximum atomic E-state index is 13.0. The lowest BCUT2D eigenvalue weighted by Crippen LogP contribution is -2.36.